The van der Waals surface area contributed by atoms with Crippen LogP contribution in [0.3, 0.4) is 0 Å². The summed E-state index contributed by atoms with van der Waals surface area (Å²) in [5, 5.41) is 10.7. The number of non-ortho nitro benzene ring substituents is 1. The molecule has 7 nitrogen and oxygen atoms in total. The van der Waals surface area contributed by atoms with Gasteiger partial charge in [-0.15, -0.1) is 0 Å². The van der Waals surface area contributed by atoms with Crippen LogP contribution in [0.2, 0.25) is 0 Å². The van der Waals surface area contributed by atoms with Crippen molar-refractivity contribution in [2.24, 2.45) is 0 Å². The lowest BCUT2D eigenvalue weighted by atomic mass is 9.88. The second-order valence-corrected chi connectivity index (χ2v) is 8.20. The number of ether oxygens (including phenoxy) is 1. The van der Waals surface area contributed by atoms with Crippen molar-refractivity contribution >= 4 is 11.8 Å². The number of likely N-dealkylation sites (tertiary alicyclic amines) is 2. The molecular weight excluding hydrogens is 334 g/mol. The second-order valence-electron chi connectivity index (χ2n) is 8.20. The number of nitro benzene ring substituents is 1. The van der Waals surface area contributed by atoms with E-state index < -0.39 is 5.60 Å². The summed E-state index contributed by atoms with van der Waals surface area (Å²) in [4.78, 5) is 26.8. The van der Waals surface area contributed by atoms with Crippen molar-refractivity contribution in [2.45, 2.75) is 51.2 Å². The van der Waals surface area contributed by atoms with Crippen LogP contribution in [0.15, 0.2) is 24.3 Å². The van der Waals surface area contributed by atoms with E-state index in [9.17, 15) is 14.9 Å². The van der Waals surface area contributed by atoms with Crippen LogP contribution in [0.5, 0.6) is 0 Å². The fraction of sp³-hybridized carbons (Fsp3) is 0.632. The Morgan fingerprint density at radius 2 is 1.73 bits per heavy atom. The predicted octanol–water partition coefficient (Wildman–Crippen LogP) is 3.39. The van der Waals surface area contributed by atoms with Gasteiger partial charge in [0, 0.05) is 50.3 Å². The number of carbonyl (C=O) groups is 1. The van der Waals surface area contributed by atoms with Crippen molar-refractivity contribution in [3.63, 3.8) is 0 Å². The van der Waals surface area contributed by atoms with Crippen LogP contribution in [0.4, 0.5) is 10.5 Å². The molecule has 0 radical (unpaired) electrons. The third-order valence-corrected chi connectivity index (χ3v) is 5.12. The number of piperidine rings is 1. The van der Waals surface area contributed by atoms with E-state index in [1.165, 1.54) is 0 Å². The zero-order valence-electron chi connectivity index (χ0n) is 15.7. The number of hydrogen-bond donors (Lipinski definition) is 0. The predicted molar refractivity (Wildman–Crippen MR) is 98.2 cm³/mol. The zero-order valence-corrected chi connectivity index (χ0v) is 15.7. The second kappa shape index (κ2) is 7.23. The number of amides is 1. The van der Waals surface area contributed by atoms with E-state index in [-0.39, 0.29) is 16.7 Å². The van der Waals surface area contributed by atoms with E-state index in [1.807, 2.05) is 32.9 Å². The summed E-state index contributed by atoms with van der Waals surface area (Å²) in [7, 11) is 0. The molecule has 142 valence electrons. The molecule has 0 bridgehead atoms. The summed E-state index contributed by atoms with van der Waals surface area (Å²) in [6.07, 6.45) is 1.71. The topological polar surface area (TPSA) is 75.9 Å². The molecule has 7 heteroatoms. The largest absolute Gasteiger partial charge is 0.444 e. The molecule has 1 aromatic rings. The molecule has 1 aromatic carbocycles. The Kier molecular flexibility index (Phi) is 5.18. The van der Waals surface area contributed by atoms with E-state index in [0.717, 1.165) is 44.6 Å². The van der Waals surface area contributed by atoms with Gasteiger partial charge >= 0.3 is 6.09 Å². The van der Waals surface area contributed by atoms with E-state index in [2.05, 4.69) is 4.90 Å². The summed E-state index contributed by atoms with van der Waals surface area (Å²) in [5.74, 6) is 0.444. The van der Waals surface area contributed by atoms with Crippen LogP contribution < -0.4 is 0 Å². The number of benzene rings is 1. The summed E-state index contributed by atoms with van der Waals surface area (Å²) in [6.45, 7) is 9.09. The summed E-state index contributed by atoms with van der Waals surface area (Å²) < 4.78 is 5.44. The van der Waals surface area contributed by atoms with Gasteiger partial charge < -0.3 is 9.64 Å². The lowest BCUT2D eigenvalue weighted by Crippen LogP contribution is -2.55. The first kappa shape index (κ1) is 18.6. The maximum absolute atomic E-state index is 12.1. The van der Waals surface area contributed by atoms with E-state index in [4.69, 9.17) is 4.74 Å². The minimum atomic E-state index is -0.455. The molecule has 0 spiro atoms. The molecular formula is C19H27N3O4. The SMILES string of the molecule is CC(C)(C)OC(=O)N1CCC(N2CC(c3ccc([N+](=O)[O-])cc3)C2)CC1. The van der Waals surface area contributed by atoms with E-state index in [1.54, 1.807) is 17.0 Å². The summed E-state index contributed by atoms with van der Waals surface area (Å²) in [5.41, 5.74) is 0.848. The highest BCUT2D eigenvalue weighted by Crippen LogP contribution is 2.32. The van der Waals surface area contributed by atoms with Gasteiger partial charge in [-0.05, 0) is 39.2 Å². The van der Waals surface area contributed by atoms with Crippen LogP contribution in [0.25, 0.3) is 0 Å². The Labute approximate surface area is 154 Å². The van der Waals surface area contributed by atoms with Crippen molar-refractivity contribution in [1.82, 2.24) is 9.80 Å². The average molecular weight is 361 g/mol. The number of nitrogens with zero attached hydrogens (tertiary/aromatic N) is 3. The maximum Gasteiger partial charge on any atom is 0.410 e. The lowest BCUT2D eigenvalue weighted by molar-refractivity contribution is -0.384. The number of carbonyl (C=O) groups excluding carboxylic acids is 1. The van der Waals surface area contributed by atoms with E-state index in [0.29, 0.717) is 12.0 Å². The average Bonchev–Trinajstić information content (AvgIpc) is 2.53. The fourth-order valence-electron chi connectivity index (χ4n) is 3.63. The fourth-order valence-corrected chi connectivity index (χ4v) is 3.63. The van der Waals surface area contributed by atoms with Crippen molar-refractivity contribution in [3.05, 3.63) is 39.9 Å². The minimum absolute atomic E-state index is 0.138. The van der Waals surface area contributed by atoms with Crippen molar-refractivity contribution in [3.8, 4) is 0 Å². The molecule has 0 N–H and O–H groups in total. The molecule has 2 saturated heterocycles. The van der Waals surface area contributed by atoms with Gasteiger partial charge in [0.2, 0.25) is 0 Å². The molecule has 0 aliphatic carbocycles. The van der Waals surface area contributed by atoms with Crippen LogP contribution in [0.1, 0.15) is 45.1 Å². The molecule has 0 atom stereocenters. The van der Waals surface area contributed by atoms with Crippen LogP contribution in [0, 0.1) is 10.1 Å². The van der Waals surface area contributed by atoms with Crippen LogP contribution >= 0.6 is 0 Å². The van der Waals surface area contributed by atoms with Gasteiger partial charge in [0.15, 0.2) is 0 Å². The molecule has 2 aliphatic heterocycles. The standard InChI is InChI=1S/C19H27N3O4/c1-19(2,3)26-18(23)20-10-8-16(9-11-20)21-12-15(13-21)14-4-6-17(7-5-14)22(24)25/h4-7,15-16H,8-13H2,1-3H3. The molecule has 0 saturated carbocycles. The first-order valence-electron chi connectivity index (χ1n) is 9.19. The number of rotatable bonds is 3. The van der Waals surface area contributed by atoms with Crippen molar-refractivity contribution in [1.29, 1.82) is 0 Å². The third kappa shape index (κ3) is 4.33. The van der Waals surface area contributed by atoms with Crippen molar-refractivity contribution in [2.75, 3.05) is 26.2 Å². The zero-order chi connectivity index (χ0) is 18.9. The Balaban J connectivity index is 1.44. The van der Waals surface area contributed by atoms with Gasteiger partial charge in [0.1, 0.15) is 5.60 Å². The highest BCUT2D eigenvalue weighted by atomic mass is 16.6. The molecule has 0 aromatic heterocycles. The smallest absolute Gasteiger partial charge is 0.410 e. The quantitative estimate of drug-likeness (QED) is 0.609. The minimum Gasteiger partial charge on any atom is -0.444 e. The van der Waals surface area contributed by atoms with Gasteiger partial charge in [-0.3, -0.25) is 15.0 Å². The highest BCUT2D eigenvalue weighted by molar-refractivity contribution is 5.68. The molecule has 26 heavy (non-hydrogen) atoms. The van der Waals surface area contributed by atoms with Gasteiger partial charge in [-0.1, -0.05) is 12.1 Å². The van der Waals surface area contributed by atoms with Gasteiger partial charge in [0.25, 0.3) is 5.69 Å². The van der Waals surface area contributed by atoms with Crippen LogP contribution in [-0.4, -0.2) is 58.6 Å². The number of nitro groups is 1. The van der Waals surface area contributed by atoms with Crippen molar-refractivity contribution < 1.29 is 14.5 Å². The highest BCUT2D eigenvalue weighted by Gasteiger charge is 2.36. The normalized spacial score (nSPS) is 19.9. The Morgan fingerprint density at radius 1 is 1.15 bits per heavy atom. The third-order valence-electron chi connectivity index (χ3n) is 5.12. The van der Waals surface area contributed by atoms with Gasteiger partial charge in [-0.25, -0.2) is 4.79 Å². The van der Waals surface area contributed by atoms with Gasteiger partial charge in [-0.2, -0.15) is 0 Å². The lowest BCUT2D eigenvalue weighted by Gasteiger charge is -2.47. The molecule has 2 fully saturated rings. The maximum atomic E-state index is 12.1. The molecule has 0 unspecified atom stereocenters. The Bertz CT molecular complexity index is 654. The van der Waals surface area contributed by atoms with Gasteiger partial charge in [0.05, 0.1) is 4.92 Å². The summed E-state index contributed by atoms with van der Waals surface area (Å²) >= 11 is 0. The molecule has 2 heterocycles. The Hall–Kier alpha value is -2.15. The molecule has 3 rings (SSSR count). The Morgan fingerprint density at radius 3 is 2.23 bits per heavy atom. The molecule has 2 aliphatic rings. The molecule has 1 amide bonds. The monoisotopic (exact) mass is 361 g/mol. The first-order chi connectivity index (χ1) is 12.2. The van der Waals surface area contributed by atoms with Crippen LogP contribution in [-0.2, 0) is 4.74 Å². The summed E-state index contributed by atoms with van der Waals surface area (Å²) in [6, 6.07) is 7.40. The number of hydrogen-bond acceptors (Lipinski definition) is 5. The van der Waals surface area contributed by atoms with E-state index >= 15 is 0 Å². The first-order valence-corrected chi connectivity index (χ1v) is 9.19.